The van der Waals surface area contributed by atoms with E-state index in [0.29, 0.717) is 15.9 Å². The summed E-state index contributed by atoms with van der Waals surface area (Å²) in [6.07, 6.45) is 0. The Kier molecular flexibility index (Phi) is 8.62. The van der Waals surface area contributed by atoms with Gasteiger partial charge < -0.3 is 16.0 Å². The van der Waals surface area contributed by atoms with Crippen molar-refractivity contribution < 1.29 is 9.18 Å². The fraction of sp³-hybridized carbons (Fsp3) is 0.0333. The number of nitrogens with zero attached hydrogens (tertiary/aromatic N) is 1. The molecule has 0 saturated carbocycles. The van der Waals surface area contributed by atoms with Gasteiger partial charge in [0.05, 0.1) is 5.69 Å². The molecule has 39 heavy (non-hydrogen) atoms. The zero-order chi connectivity index (χ0) is 27.0. The monoisotopic (exact) mass is 570 g/mol. The Hall–Kier alpha value is -4.05. The Morgan fingerprint density at radius 3 is 2.23 bits per heavy atom. The van der Waals surface area contributed by atoms with E-state index in [4.69, 9.17) is 12.2 Å². The lowest BCUT2D eigenvalue weighted by Crippen LogP contribution is -2.19. The lowest BCUT2D eigenvalue weighted by Gasteiger charge is -2.17. The molecule has 0 aliphatic heterocycles. The highest BCUT2D eigenvalue weighted by Crippen LogP contribution is 2.37. The largest absolute Gasteiger partial charge is 0.332 e. The fourth-order valence-electron chi connectivity index (χ4n) is 3.75. The zero-order valence-electron chi connectivity index (χ0n) is 20.5. The molecule has 0 fully saturated rings. The second-order valence-corrected chi connectivity index (χ2v) is 10.9. The maximum absolute atomic E-state index is 13.5. The number of rotatable bonds is 8. The topological polar surface area (TPSA) is 66.0 Å². The van der Waals surface area contributed by atoms with E-state index in [9.17, 15) is 9.18 Å². The summed E-state index contributed by atoms with van der Waals surface area (Å²) in [5.74, 6) is -0.496. The van der Waals surface area contributed by atoms with E-state index in [-0.39, 0.29) is 11.7 Å². The number of thiocarbonyl (C=S) groups is 1. The molecule has 0 radical (unpaired) electrons. The molecule has 0 bridgehead atoms. The van der Waals surface area contributed by atoms with Crippen LogP contribution >= 0.6 is 35.3 Å². The molecule has 194 valence electrons. The summed E-state index contributed by atoms with van der Waals surface area (Å²) < 4.78 is 13.3. The minimum atomic E-state index is -0.519. The molecule has 5 nitrogen and oxygen atoms in total. The first kappa shape index (κ1) is 26.6. The number of para-hydroxylation sites is 1. The number of carbonyl (C=O) groups excluding carboxylic acids is 1. The molecule has 1 amide bonds. The molecule has 1 aromatic heterocycles. The molecule has 0 aliphatic rings. The summed E-state index contributed by atoms with van der Waals surface area (Å²) in [5, 5.41) is 11.6. The average molecular weight is 571 g/mol. The van der Waals surface area contributed by atoms with Gasteiger partial charge in [0.2, 0.25) is 5.91 Å². The van der Waals surface area contributed by atoms with Crippen molar-refractivity contribution in [2.24, 2.45) is 0 Å². The predicted molar refractivity (Wildman–Crippen MR) is 164 cm³/mol. The third-order valence-corrected chi connectivity index (χ3v) is 7.80. The quantitative estimate of drug-likeness (QED) is 0.129. The first-order valence-electron chi connectivity index (χ1n) is 12.0. The van der Waals surface area contributed by atoms with Crippen molar-refractivity contribution >= 4 is 62.8 Å². The molecule has 0 spiro atoms. The Morgan fingerprint density at radius 1 is 0.821 bits per heavy atom. The standard InChI is InChI=1S/C30H23FN4OS3/c31-22-16-14-20(15-17-22)26-19-38-30(34-26)35-28(36)27(21-8-3-1-4-9-21)39-25-13-7-12-24(18-25)33-29(37)32-23-10-5-2-6-11-23/h1-19,27H,(H2,32,33,37)(H,34,35,36). The highest BCUT2D eigenvalue weighted by Gasteiger charge is 2.23. The lowest BCUT2D eigenvalue weighted by molar-refractivity contribution is -0.115. The molecule has 3 N–H and O–H groups in total. The van der Waals surface area contributed by atoms with Crippen LogP contribution in [-0.4, -0.2) is 16.0 Å². The molecule has 1 unspecified atom stereocenters. The summed E-state index contributed by atoms with van der Waals surface area (Å²) in [7, 11) is 0. The van der Waals surface area contributed by atoms with E-state index in [0.717, 1.165) is 27.4 Å². The van der Waals surface area contributed by atoms with Gasteiger partial charge in [-0.15, -0.1) is 23.1 Å². The maximum atomic E-state index is 13.5. The smallest absolute Gasteiger partial charge is 0.244 e. The van der Waals surface area contributed by atoms with Crippen molar-refractivity contribution in [3.05, 3.63) is 126 Å². The number of halogens is 1. The molecule has 5 aromatic rings. The van der Waals surface area contributed by atoms with Gasteiger partial charge in [0.25, 0.3) is 0 Å². The number of anilines is 3. The van der Waals surface area contributed by atoms with Crippen LogP contribution in [0.4, 0.5) is 20.9 Å². The molecule has 1 heterocycles. The van der Waals surface area contributed by atoms with Gasteiger partial charge in [-0.25, -0.2) is 9.37 Å². The van der Waals surface area contributed by atoms with Crippen LogP contribution in [0.1, 0.15) is 10.8 Å². The van der Waals surface area contributed by atoms with Crippen LogP contribution in [0.3, 0.4) is 0 Å². The van der Waals surface area contributed by atoms with Crippen LogP contribution in [0.25, 0.3) is 11.3 Å². The van der Waals surface area contributed by atoms with E-state index in [1.54, 1.807) is 12.1 Å². The third-order valence-electron chi connectivity index (χ3n) is 5.59. The lowest BCUT2D eigenvalue weighted by atomic mass is 10.1. The maximum Gasteiger partial charge on any atom is 0.244 e. The molecule has 5 rings (SSSR count). The van der Waals surface area contributed by atoms with E-state index >= 15 is 0 Å². The summed E-state index contributed by atoms with van der Waals surface area (Å²) in [6, 6.07) is 33.2. The molecule has 0 aliphatic carbocycles. The van der Waals surface area contributed by atoms with Crippen LogP contribution in [0, 0.1) is 5.82 Å². The zero-order valence-corrected chi connectivity index (χ0v) is 23.0. The number of benzene rings is 4. The third kappa shape index (κ3) is 7.29. The second kappa shape index (κ2) is 12.7. The van der Waals surface area contributed by atoms with Gasteiger partial charge in [0.1, 0.15) is 11.1 Å². The molecule has 9 heteroatoms. The molecular formula is C30H23FN4OS3. The van der Waals surface area contributed by atoms with Crippen molar-refractivity contribution in [3.8, 4) is 11.3 Å². The Morgan fingerprint density at radius 2 is 1.49 bits per heavy atom. The van der Waals surface area contributed by atoms with Gasteiger partial charge in [0.15, 0.2) is 10.2 Å². The van der Waals surface area contributed by atoms with Gasteiger partial charge in [-0.2, -0.15) is 0 Å². The summed E-state index contributed by atoms with van der Waals surface area (Å²) in [6.45, 7) is 0. The predicted octanol–water partition coefficient (Wildman–Crippen LogP) is 8.23. The molecule has 0 saturated heterocycles. The van der Waals surface area contributed by atoms with E-state index < -0.39 is 5.25 Å². The van der Waals surface area contributed by atoms with Crippen LogP contribution in [-0.2, 0) is 4.79 Å². The van der Waals surface area contributed by atoms with Crippen molar-refractivity contribution in [2.45, 2.75) is 10.1 Å². The fourth-order valence-corrected chi connectivity index (χ4v) is 5.80. The number of aromatic nitrogens is 1. The highest BCUT2D eigenvalue weighted by molar-refractivity contribution is 8.00. The van der Waals surface area contributed by atoms with Gasteiger partial charge in [-0.3, -0.25) is 4.79 Å². The summed E-state index contributed by atoms with van der Waals surface area (Å²) >= 11 is 8.23. The minimum absolute atomic E-state index is 0.189. The van der Waals surface area contributed by atoms with E-state index in [2.05, 4.69) is 20.9 Å². The Balaban J connectivity index is 1.30. The number of hydrogen-bond donors (Lipinski definition) is 3. The number of carbonyl (C=O) groups is 1. The Bertz CT molecular complexity index is 1560. The minimum Gasteiger partial charge on any atom is -0.332 e. The van der Waals surface area contributed by atoms with Gasteiger partial charge in [-0.05, 0) is 72.4 Å². The first-order chi connectivity index (χ1) is 19.0. The van der Waals surface area contributed by atoms with Gasteiger partial charge in [-0.1, -0.05) is 54.6 Å². The van der Waals surface area contributed by atoms with Crippen LogP contribution in [0.2, 0.25) is 0 Å². The van der Waals surface area contributed by atoms with Crippen molar-refractivity contribution in [3.63, 3.8) is 0 Å². The van der Waals surface area contributed by atoms with Crippen LogP contribution in [0.5, 0.6) is 0 Å². The van der Waals surface area contributed by atoms with Crippen LogP contribution in [0.15, 0.2) is 119 Å². The van der Waals surface area contributed by atoms with E-state index in [1.807, 2.05) is 90.3 Å². The van der Waals surface area contributed by atoms with Crippen molar-refractivity contribution in [1.29, 1.82) is 0 Å². The number of thioether (sulfide) groups is 1. The highest BCUT2D eigenvalue weighted by atomic mass is 32.2. The molecular weight excluding hydrogens is 548 g/mol. The van der Waals surface area contributed by atoms with Crippen molar-refractivity contribution in [2.75, 3.05) is 16.0 Å². The van der Waals surface area contributed by atoms with Crippen LogP contribution < -0.4 is 16.0 Å². The first-order valence-corrected chi connectivity index (χ1v) is 14.2. The van der Waals surface area contributed by atoms with E-state index in [1.165, 1.54) is 35.2 Å². The van der Waals surface area contributed by atoms with Gasteiger partial charge >= 0.3 is 0 Å². The summed E-state index contributed by atoms with van der Waals surface area (Å²) in [4.78, 5) is 19.0. The number of thiazole rings is 1. The number of nitrogens with one attached hydrogen (secondary N) is 3. The van der Waals surface area contributed by atoms with Gasteiger partial charge in [0, 0.05) is 27.2 Å². The second-order valence-electron chi connectivity index (χ2n) is 8.42. The normalized spacial score (nSPS) is 11.4. The number of amides is 1. The average Bonchev–Trinajstić information content (AvgIpc) is 3.41. The SMILES string of the molecule is O=C(Nc1nc(-c2ccc(F)cc2)cs1)C(Sc1cccc(NC(=S)Nc2ccccc2)c1)c1ccccc1. The molecule has 4 aromatic carbocycles. The summed E-state index contributed by atoms with van der Waals surface area (Å²) in [5.41, 5.74) is 4.04. The van der Waals surface area contributed by atoms with Crippen molar-refractivity contribution in [1.82, 2.24) is 4.98 Å². The molecule has 1 atom stereocenters. The number of hydrogen-bond acceptors (Lipinski definition) is 5. The Labute approximate surface area is 239 Å².